The first-order chi connectivity index (χ1) is 9.13. The second-order valence-corrected chi connectivity index (χ2v) is 5.94. The standard InChI is InChI=1S/C17H26FN/c1-4-19-11-14-7-5-6-8-15(14)17-13(3)9-12(2)10-16(17)18/h9-10,14-15,19H,4-8,11H2,1-3H3. The molecule has 106 valence electrons. The molecule has 1 aromatic rings. The molecule has 1 aliphatic rings. The third-order valence-corrected chi connectivity index (χ3v) is 4.42. The lowest BCUT2D eigenvalue weighted by molar-refractivity contribution is 0.291. The van der Waals surface area contributed by atoms with E-state index in [0.29, 0.717) is 11.8 Å². The van der Waals surface area contributed by atoms with Crippen LogP contribution in [0.2, 0.25) is 0 Å². The molecule has 0 bridgehead atoms. The number of halogens is 1. The van der Waals surface area contributed by atoms with Crippen molar-refractivity contribution in [2.75, 3.05) is 13.1 Å². The van der Waals surface area contributed by atoms with Crippen LogP contribution in [0.25, 0.3) is 0 Å². The van der Waals surface area contributed by atoms with Gasteiger partial charge in [0.2, 0.25) is 0 Å². The van der Waals surface area contributed by atoms with Gasteiger partial charge in [-0.05, 0) is 74.4 Å². The Hall–Kier alpha value is -0.890. The molecule has 2 rings (SSSR count). The van der Waals surface area contributed by atoms with Gasteiger partial charge in [-0.1, -0.05) is 25.8 Å². The van der Waals surface area contributed by atoms with Crippen LogP contribution in [0.5, 0.6) is 0 Å². The second kappa shape index (κ2) is 6.51. The van der Waals surface area contributed by atoms with Crippen molar-refractivity contribution in [1.29, 1.82) is 0 Å². The first-order valence-electron chi connectivity index (χ1n) is 7.60. The van der Waals surface area contributed by atoms with Crippen LogP contribution in [0.4, 0.5) is 4.39 Å². The van der Waals surface area contributed by atoms with Crippen LogP contribution >= 0.6 is 0 Å². The Kier molecular flexibility index (Phi) is 4.98. The van der Waals surface area contributed by atoms with Crippen molar-refractivity contribution < 1.29 is 4.39 Å². The Morgan fingerprint density at radius 2 is 1.95 bits per heavy atom. The highest BCUT2D eigenvalue weighted by Gasteiger charge is 2.29. The van der Waals surface area contributed by atoms with Crippen molar-refractivity contribution >= 4 is 0 Å². The summed E-state index contributed by atoms with van der Waals surface area (Å²) in [5, 5.41) is 3.45. The Morgan fingerprint density at radius 1 is 1.21 bits per heavy atom. The number of benzene rings is 1. The molecule has 19 heavy (non-hydrogen) atoms. The minimum Gasteiger partial charge on any atom is -0.317 e. The van der Waals surface area contributed by atoms with Crippen molar-refractivity contribution in [1.82, 2.24) is 5.32 Å². The minimum atomic E-state index is 0.00546. The lowest BCUT2D eigenvalue weighted by atomic mass is 9.74. The summed E-state index contributed by atoms with van der Waals surface area (Å²) in [4.78, 5) is 0. The fourth-order valence-electron chi connectivity index (χ4n) is 3.56. The van der Waals surface area contributed by atoms with E-state index in [1.165, 1.54) is 19.3 Å². The molecule has 0 radical (unpaired) electrons. The lowest BCUT2D eigenvalue weighted by Crippen LogP contribution is -2.30. The van der Waals surface area contributed by atoms with Crippen molar-refractivity contribution in [3.8, 4) is 0 Å². The molecule has 2 heteroatoms. The predicted molar refractivity (Wildman–Crippen MR) is 79.1 cm³/mol. The maximum atomic E-state index is 14.4. The lowest BCUT2D eigenvalue weighted by Gasteiger charge is -2.33. The largest absolute Gasteiger partial charge is 0.317 e. The van der Waals surface area contributed by atoms with E-state index in [1.54, 1.807) is 6.07 Å². The van der Waals surface area contributed by atoms with Crippen molar-refractivity contribution in [2.24, 2.45) is 5.92 Å². The van der Waals surface area contributed by atoms with E-state index in [9.17, 15) is 4.39 Å². The van der Waals surface area contributed by atoms with Crippen LogP contribution in [0.3, 0.4) is 0 Å². The Balaban J connectivity index is 2.26. The molecule has 0 amide bonds. The zero-order valence-corrected chi connectivity index (χ0v) is 12.4. The van der Waals surface area contributed by atoms with Crippen LogP contribution in [0.15, 0.2) is 12.1 Å². The molecular formula is C17H26FN. The summed E-state index contributed by atoms with van der Waals surface area (Å²) in [5.74, 6) is 0.990. The zero-order chi connectivity index (χ0) is 13.8. The monoisotopic (exact) mass is 263 g/mol. The molecular weight excluding hydrogens is 237 g/mol. The number of nitrogens with one attached hydrogen (secondary N) is 1. The summed E-state index contributed by atoms with van der Waals surface area (Å²) in [7, 11) is 0. The summed E-state index contributed by atoms with van der Waals surface area (Å²) < 4.78 is 14.4. The second-order valence-electron chi connectivity index (χ2n) is 5.94. The van der Waals surface area contributed by atoms with E-state index in [-0.39, 0.29) is 5.82 Å². The van der Waals surface area contributed by atoms with Gasteiger partial charge in [-0.3, -0.25) is 0 Å². The first kappa shape index (κ1) is 14.5. The smallest absolute Gasteiger partial charge is 0.127 e. The maximum absolute atomic E-state index is 14.4. The molecule has 1 aliphatic carbocycles. The van der Waals surface area contributed by atoms with Gasteiger partial charge in [0.15, 0.2) is 0 Å². The molecule has 1 fully saturated rings. The highest BCUT2D eigenvalue weighted by molar-refractivity contribution is 5.35. The van der Waals surface area contributed by atoms with Gasteiger partial charge in [-0.25, -0.2) is 4.39 Å². The molecule has 2 atom stereocenters. The molecule has 1 N–H and O–H groups in total. The highest BCUT2D eigenvalue weighted by atomic mass is 19.1. The van der Waals surface area contributed by atoms with Gasteiger partial charge in [-0.2, -0.15) is 0 Å². The van der Waals surface area contributed by atoms with E-state index in [2.05, 4.69) is 25.2 Å². The van der Waals surface area contributed by atoms with Crippen molar-refractivity contribution in [3.05, 3.63) is 34.6 Å². The average molecular weight is 263 g/mol. The van der Waals surface area contributed by atoms with E-state index in [1.807, 2.05) is 6.92 Å². The summed E-state index contributed by atoms with van der Waals surface area (Å²) in [6.45, 7) is 8.18. The molecule has 0 aromatic heterocycles. The molecule has 1 aromatic carbocycles. The molecule has 1 saturated carbocycles. The fraction of sp³-hybridized carbons (Fsp3) is 0.647. The molecule has 0 saturated heterocycles. The van der Waals surface area contributed by atoms with Gasteiger partial charge in [0.1, 0.15) is 5.82 Å². The first-order valence-corrected chi connectivity index (χ1v) is 7.60. The third kappa shape index (κ3) is 3.36. The molecule has 0 aliphatic heterocycles. The summed E-state index contributed by atoms with van der Waals surface area (Å²) in [6, 6.07) is 3.82. The predicted octanol–water partition coefficient (Wildman–Crippen LogP) is 4.33. The van der Waals surface area contributed by atoms with Gasteiger partial charge < -0.3 is 5.32 Å². The third-order valence-electron chi connectivity index (χ3n) is 4.42. The highest BCUT2D eigenvalue weighted by Crippen LogP contribution is 2.40. The maximum Gasteiger partial charge on any atom is 0.127 e. The van der Waals surface area contributed by atoms with Gasteiger partial charge in [0.25, 0.3) is 0 Å². The van der Waals surface area contributed by atoms with Crippen molar-refractivity contribution in [2.45, 2.75) is 52.4 Å². The number of hydrogen-bond acceptors (Lipinski definition) is 1. The van der Waals surface area contributed by atoms with Crippen LogP contribution < -0.4 is 5.32 Å². The minimum absolute atomic E-state index is 0.00546. The number of aryl methyl sites for hydroxylation is 2. The van der Waals surface area contributed by atoms with Gasteiger partial charge in [0.05, 0.1) is 0 Å². The van der Waals surface area contributed by atoms with Gasteiger partial charge in [0, 0.05) is 0 Å². The van der Waals surface area contributed by atoms with E-state index < -0.39 is 0 Å². The zero-order valence-electron chi connectivity index (χ0n) is 12.4. The van der Waals surface area contributed by atoms with Gasteiger partial charge >= 0.3 is 0 Å². The van der Waals surface area contributed by atoms with E-state index >= 15 is 0 Å². The average Bonchev–Trinajstić information content (AvgIpc) is 2.36. The van der Waals surface area contributed by atoms with Crippen LogP contribution in [0.1, 0.15) is 55.2 Å². The summed E-state index contributed by atoms with van der Waals surface area (Å²) in [5.41, 5.74) is 3.14. The van der Waals surface area contributed by atoms with E-state index in [4.69, 9.17) is 0 Å². The molecule has 1 nitrogen and oxygen atoms in total. The number of hydrogen-bond donors (Lipinski definition) is 1. The Bertz CT molecular complexity index is 404. The molecule has 2 unspecified atom stereocenters. The van der Waals surface area contributed by atoms with Crippen LogP contribution in [-0.4, -0.2) is 13.1 Å². The SMILES string of the molecule is CCNCC1CCCCC1c1c(C)cc(C)cc1F. The Labute approximate surface area is 116 Å². The van der Waals surface area contributed by atoms with Crippen LogP contribution in [-0.2, 0) is 0 Å². The molecule has 0 spiro atoms. The normalized spacial score (nSPS) is 23.6. The van der Waals surface area contributed by atoms with E-state index in [0.717, 1.165) is 36.2 Å². The van der Waals surface area contributed by atoms with Crippen molar-refractivity contribution in [3.63, 3.8) is 0 Å². The summed E-state index contributed by atoms with van der Waals surface area (Å²) in [6.07, 6.45) is 4.89. The topological polar surface area (TPSA) is 12.0 Å². The Morgan fingerprint density at radius 3 is 2.63 bits per heavy atom. The molecule has 0 heterocycles. The number of rotatable bonds is 4. The van der Waals surface area contributed by atoms with Gasteiger partial charge in [-0.15, -0.1) is 0 Å². The van der Waals surface area contributed by atoms with Crippen LogP contribution in [0, 0.1) is 25.6 Å². The quantitative estimate of drug-likeness (QED) is 0.852. The summed E-state index contributed by atoms with van der Waals surface area (Å²) >= 11 is 0. The fourth-order valence-corrected chi connectivity index (χ4v) is 3.56.